The van der Waals surface area contributed by atoms with E-state index in [2.05, 4.69) is 14.9 Å². The molecule has 88 valence electrons. The molecule has 2 rings (SSSR count). The summed E-state index contributed by atoms with van der Waals surface area (Å²) in [6.45, 7) is 3.76. The predicted octanol–water partition coefficient (Wildman–Crippen LogP) is -0.0972. The summed E-state index contributed by atoms with van der Waals surface area (Å²) in [5.41, 5.74) is 5.55. The second-order valence-electron chi connectivity index (χ2n) is 3.78. The van der Waals surface area contributed by atoms with Gasteiger partial charge in [-0.1, -0.05) is 0 Å². The van der Waals surface area contributed by atoms with E-state index in [-0.39, 0.29) is 23.5 Å². The highest BCUT2D eigenvalue weighted by Crippen LogP contribution is 2.12. The minimum absolute atomic E-state index is 0.0209. The van der Waals surface area contributed by atoms with Crippen molar-refractivity contribution in [1.29, 1.82) is 0 Å². The molecule has 1 unspecified atom stereocenters. The van der Waals surface area contributed by atoms with Crippen LogP contribution in [0.25, 0.3) is 0 Å². The third-order valence-electron chi connectivity index (χ3n) is 2.46. The van der Waals surface area contributed by atoms with Gasteiger partial charge < -0.3 is 15.4 Å². The summed E-state index contributed by atoms with van der Waals surface area (Å²) in [6, 6.07) is 0. The van der Waals surface area contributed by atoms with Crippen LogP contribution in [0.3, 0.4) is 0 Å². The Kier molecular flexibility index (Phi) is 3.04. The van der Waals surface area contributed by atoms with Crippen LogP contribution in [0.5, 0.6) is 0 Å². The van der Waals surface area contributed by atoms with Gasteiger partial charge in [0.25, 0.3) is 5.91 Å². The molecular formula is C9H14N4O3. The van der Waals surface area contributed by atoms with Crippen molar-refractivity contribution in [2.45, 2.75) is 19.4 Å². The molecule has 1 aromatic rings. The molecular weight excluding hydrogens is 212 g/mol. The minimum Gasteiger partial charge on any atom is -0.379 e. The molecule has 1 aliphatic rings. The number of nitrogens with zero attached hydrogens (tertiary/aromatic N) is 3. The van der Waals surface area contributed by atoms with Crippen molar-refractivity contribution < 1.29 is 14.2 Å². The largest absolute Gasteiger partial charge is 0.379 e. The van der Waals surface area contributed by atoms with Crippen LogP contribution >= 0.6 is 0 Å². The molecule has 1 fully saturated rings. The van der Waals surface area contributed by atoms with E-state index < -0.39 is 0 Å². The molecule has 7 nitrogen and oxygen atoms in total. The molecule has 0 spiro atoms. The molecule has 1 saturated heterocycles. The lowest BCUT2D eigenvalue weighted by atomic mass is 10.3. The fourth-order valence-electron chi connectivity index (χ4n) is 1.67. The van der Waals surface area contributed by atoms with E-state index in [9.17, 15) is 4.79 Å². The quantitative estimate of drug-likeness (QED) is 0.718. The zero-order valence-electron chi connectivity index (χ0n) is 9.05. The van der Waals surface area contributed by atoms with E-state index in [1.54, 1.807) is 4.90 Å². The summed E-state index contributed by atoms with van der Waals surface area (Å²) in [5.74, 6) is -0.223. The Morgan fingerprint density at radius 3 is 3.06 bits per heavy atom. The first kappa shape index (κ1) is 10.9. The van der Waals surface area contributed by atoms with E-state index in [0.717, 1.165) is 6.42 Å². The van der Waals surface area contributed by atoms with Gasteiger partial charge in [0.1, 0.15) is 0 Å². The number of carbonyl (C=O) groups excluding carboxylic acids is 1. The molecule has 0 aliphatic carbocycles. The number of hydrogen-bond donors (Lipinski definition) is 1. The monoisotopic (exact) mass is 226 g/mol. The maximum atomic E-state index is 12.0. The summed E-state index contributed by atoms with van der Waals surface area (Å²) in [4.78, 5) is 13.7. The topological polar surface area (TPSA) is 94.5 Å². The molecule has 16 heavy (non-hydrogen) atoms. The number of ether oxygens (including phenoxy) is 1. The van der Waals surface area contributed by atoms with Gasteiger partial charge in [-0.15, -0.1) is 0 Å². The van der Waals surface area contributed by atoms with Crippen LogP contribution in [0.1, 0.15) is 23.8 Å². The van der Waals surface area contributed by atoms with E-state index in [0.29, 0.717) is 19.7 Å². The first-order valence-electron chi connectivity index (χ1n) is 5.17. The first-order valence-corrected chi connectivity index (χ1v) is 5.17. The van der Waals surface area contributed by atoms with E-state index in [1.165, 1.54) is 0 Å². The Hall–Kier alpha value is -1.63. The maximum Gasteiger partial charge on any atom is 0.280 e. The Morgan fingerprint density at radius 2 is 2.38 bits per heavy atom. The van der Waals surface area contributed by atoms with Crippen molar-refractivity contribution in [2.24, 2.45) is 0 Å². The smallest absolute Gasteiger partial charge is 0.280 e. The van der Waals surface area contributed by atoms with Crippen LogP contribution in [-0.4, -0.2) is 46.9 Å². The van der Waals surface area contributed by atoms with Crippen molar-refractivity contribution >= 4 is 11.7 Å². The van der Waals surface area contributed by atoms with Gasteiger partial charge in [-0.2, -0.15) is 0 Å². The van der Waals surface area contributed by atoms with Gasteiger partial charge in [0.2, 0.25) is 11.5 Å². The van der Waals surface area contributed by atoms with Gasteiger partial charge in [0, 0.05) is 19.7 Å². The number of amides is 1. The van der Waals surface area contributed by atoms with Crippen LogP contribution < -0.4 is 5.73 Å². The molecule has 2 heterocycles. The average Bonchev–Trinajstić information content (AvgIpc) is 2.55. The summed E-state index contributed by atoms with van der Waals surface area (Å²) in [5, 5.41) is 6.89. The lowest BCUT2D eigenvalue weighted by molar-refractivity contribution is 0.0557. The second-order valence-corrected chi connectivity index (χ2v) is 3.78. The number of aromatic nitrogens is 2. The van der Waals surface area contributed by atoms with Crippen LogP contribution in [-0.2, 0) is 4.74 Å². The van der Waals surface area contributed by atoms with Crippen molar-refractivity contribution in [3.8, 4) is 0 Å². The zero-order chi connectivity index (χ0) is 11.5. The fraction of sp³-hybridized carbons (Fsp3) is 0.667. The van der Waals surface area contributed by atoms with Gasteiger partial charge in [0.15, 0.2) is 0 Å². The standard InChI is InChI=1S/C9H14N4O3/c1-6-5-13(3-2-4-15-6)9(14)7-8(10)12-16-11-7/h6H,2-5H2,1H3,(H2,10,12). The second kappa shape index (κ2) is 4.48. The molecule has 0 aromatic carbocycles. The van der Waals surface area contributed by atoms with Crippen LogP contribution in [0.4, 0.5) is 5.82 Å². The van der Waals surface area contributed by atoms with Crippen LogP contribution in [0.15, 0.2) is 4.63 Å². The van der Waals surface area contributed by atoms with Crippen LogP contribution in [0.2, 0.25) is 0 Å². The van der Waals surface area contributed by atoms with Gasteiger partial charge in [-0.05, 0) is 23.7 Å². The summed E-state index contributed by atoms with van der Waals surface area (Å²) < 4.78 is 9.86. The number of anilines is 1. The normalized spacial score (nSPS) is 21.8. The summed E-state index contributed by atoms with van der Waals surface area (Å²) >= 11 is 0. The molecule has 1 atom stereocenters. The van der Waals surface area contributed by atoms with Crippen molar-refractivity contribution in [1.82, 2.24) is 15.2 Å². The lowest BCUT2D eigenvalue weighted by Crippen LogP contribution is -2.36. The number of rotatable bonds is 1. The van der Waals surface area contributed by atoms with Crippen molar-refractivity contribution in [3.63, 3.8) is 0 Å². The van der Waals surface area contributed by atoms with E-state index in [1.807, 2.05) is 6.92 Å². The lowest BCUT2D eigenvalue weighted by Gasteiger charge is -2.20. The molecule has 1 aliphatic heterocycles. The summed E-state index contributed by atoms with van der Waals surface area (Å²) in [7, 11) is 0. The predicted molar refractivity (Wildman–Crippen MR) is 54.6 cm³/mol. The maximum absolute atomic E-state index is 12.0. The number of hydrogen-bond acceptors (Lipinski definition) is 6. The average molecular weight is 226 g/mol. The Morgan fingerprint density at radius 1 is 1.56 bits per heavy atom. The molecule has 2 N–H and O–H groups in total. The molecule has 7 heteroatoms. The van der Waals surface area contributed by atoms with Crippen molar-refractivity contribution in [2.75, 3.05) is 25.4 Å². The number of carbonyl (C=O) groups is 1. The Labute approximate surface area is 92.5 Å². The molecule has 1 amide bonds. The third kappa shape index (κ3) is 2.13. The van der Waals surface area contributed by atoms with Gasteiger partial charge >= 0.3 is 0 Å². The summed E-state index contributed by atoms with van der Waals surface area (Å²) in [6.07, 6.45) is 0.828. The molecule has 1 aromatic heterocycles. The SMILES string of the molecule is CC1CN(C(=O)c2nonc2N)CCCO1. The molecule has 0 bridgehead atoms. The Bertz CT molecular complexity index is 379. The highest BCUT2D eigenvalue weighted by Gasteiger charge is 2.25. The fourth-order valence-corrected chi connectivity index (χ4v) is 1.67. The van der Waals surface area contributed by atoms with E-state index in [4.69, 9.17) is 10.5 Å². The van der Waals surface area contributed by atoms with Crippen molar-refractivity contribution in [3.05, 3.63) is 5.69 Å². The third-order valence-corrected chi connectivity index (χ3v) is 2.46. The Balaban J connectivity index is 2.12. The highest BCUT2D eigenvalue weighted by molar-refractivity contribution is 5.96. The van der Waals surface area contributed by atoms with Crippen LogP contribution in [0, 0.1) is 0 Å². The van der Waals surface area contributed by atoms with Gasteiger partial charge in [-0.3, -0.25) is 4.79 Å². The van der Waals surface area contributed by atoms with Gasteiger partial charge in [-0.25, -0.2) is 4.63 Å². The molecule has 0 radical (unpaired) electrons. The minimum atomic E-state index is -0.254. The zero-order valence-corrected chi connectivity index (χ0v) is 9.05. The number of nitrogens with two attached hydrogens (primary N) is 1. The molecule has 0 saturated carbocycles. The first-order chi connectivity index (χ1) is 7.68. The number of nitrogen functional groups attached to an aromatic ring is 1. The highest BCUT2D eigenvalue weighted by atomic mass is 16.6. The van der Waals surface area contributed by atoms with Gasteiger partial charge in [0.05, 0.1) is 6.10 Å². The van der Waals surface area contributed by atoms with E-state index >= 15 is 0 Å².